The molecule has 6 nitrogen and oxygen atoms in total. The van der Waals surface area contributed by atoms with Gasteiger partial charge in [0.1, 0.15) is 0 Å². The van der Waals surface area contributed by atoms with Crippen LogP contribution >= 0.6 is 7.82 Å². The Balaban J connectivity index is -0.0000106. The average Bonchev–Trinajstić information content (AvgIpc) is 2.79. The van der Waals surface area contributed by atoms with Crippen LogP contribution in [0.4, 0.5) is 119 Å². The monoisotopic (exact) mass is 828 g/mol. The maximum Gasteiger partial charge on any atom is 0.438 e. The van der Waals surface area contributed by atoms with Gasteiger partial charge in [0.25, 0.3) is 0 Å². The zero-order valence-electron chi connectivity index (χ0n) is 22.2. The van der Waals surface area contributed by atoms with Crippen LogP contribution in [0.1, 0.15) is 6.42 Å². The molecule has 0 bridgehead atoms. The highest BCUT2D eigenvalue weighted by molar-refractivity contribution is 7.43. The van der Waals surface area contributed by atoms with Gasteiger partial charge in [-0.05, 0) is 0 Å². The normalized spacial score (nSPS) is 16.3. The van der Waals surface area contributed by atoms with Crippen LogP contribution in [0.15, 0.2) is 0 Å². The van der Waals surface area contributed by atoms with Crippen LogP contribution in [-0.2, 0) is 9.09 Å². The van der Waals surface area contributed by atoms with E-state index in [1.165, 1.54) is 0 Å². The number of hydrogen-bond donors (Lipinski definition) is 2. The molecule has 49 heavy (non-hydrogen) atoms. The highest BCUT2D eigenvalue weighted by atomic mass is 31.2. The molecule has 0 fully saturated rings. The second kappa shape index (κ2) is 13.0. The maximum atomic E-state index is 13.7. The average molecular weight is 828 g/mol. The molecule has 8 N–H and O–H groups in total. The summed E-state index contributed by atoms with van der Waals surface area (Å²) in [5.74, 6) is -93.3. The Morgan fingerprint density at radius 1 is 0.388 bits per heavy atom. The van der Waals surface area contributed by atoms with Gasteiger partial charge in [0.15, 0.2) is 0 Å². The van der Waals surface area contributed by atoms with Crippen molar-refractivity contribution in [3.63, 3.8) is 0 Å². The molecule has 0 rings (SSSR count). The Hall–Kier alpha value is -1.86. The lowest BCUT2D eigenvalue weighted by Crippen LogP contribution is -2.79. The Bertz CT molecular complexity index is 1180. The zero-order valence-corrected chi connectivity index (χ0v) is 23.1. The predicted molar refractivity (Wildman–Crippen MR) is 95.6 cm³/mol. The van der Waals surface area contributed by atoms with E-state index in [1.54, 1.807) is 0 Å². The molecule has 0 aromatic rings. The number of quaternary nitrogens is 2. The Morgan fingerprint density at radius 2 is 0.592 bits per heavy atom. The standard InChI is InChI=1S/C15H6F27O4P.2H3N/c16-3(17,1-2-46-47(43,44)45)5(19,20)7(23,24)9(27,28)11(31,32)13(35,36)12(33,34)10(29,30)8(25,26)6(21,22)4(18,14(37,38)39)15(40,41)42;;/h1-2H2,(H2,43,44,45);2*1H3. The molecular weight excluding hydrogens is 816 g/mol. The Labute approximate surface area is 249 Å². The molecule has 0 aromatic heterocycles. The fraction of sp³-hybridized carbons (Fsp3) is 1.00. The van der Waals surface area contributed by atoms with Crippen LogP contribution in [0.5, 0.6) is 0 Å². The van der Waals surface area contributed by atoms with Crippen molar-refractivity contribution in [2.45, 2.75) is 83.7 Å². The summed E-state index contributed by atoms with van der Waals surface area (Å²) in [5, 5.41) is 0. The number of halogens is 27. The SMILES string of the molecule is O=P([O-])([O-])OCCC(F)(F)C(F)(F)C(F)(F)C(F)(F)C(F)(F)C(F)(F)C(F)(F)C(F)(F)C(F)(F)C(F)(F)C(F)(C(F)(F)F)C(F)(F)F.[NH4+].[NH4+]. The minimum atomic E-state index is -9.91. The van der Waals surface area contributed by atoms with E-state index in [1.807, 2.05) is 0 Å². The molecule has 0 atom stereocenters. The lowest BCUT2D eigenvalue weighted by Gasteiger charge is -2.46. The van der Waals surface area contributed by atoms with E-state index in [2.05, 4.69) is 4.52 Å². The summed E-state index contributed by atoms with van der Waals surface area (Å²) in [6, 6.07) is 0. The molecule has 0 saturated carbocycles. The lowest BCUT2D eigenvalue weighted by molar-refractivity contribution is -0.487. The molecule has 0 aliphatic heterocycles. The summed E-state index contributed by atoms with van der Waals surface area (Å²) in [4.78, 5) is 20.1. The van der Waals surface area contributed by atoms with Crippen molar-refractivity contribution in [1.29, 1.82) is 0 Å². The topological polar surface area (TPSA) is 145 Å². The number of phosphoric ester groups is 1. The number of hydrogen-bond acceptors (Lipinski definition) is 4. The highest BCUT2D eigenvalue weighted by Gasteiger charge is 3.01. The van der Waals surface area contributed by atoms with Crippen molar-refractivity contribution in [1.82, 2.24) is 12.3 Å². The van der Waals surface area contributed by atoms with Gasteiger partial charge in [0, 0.05) is 6.42 Å². The fourth-order valence-corrected chi connectivity index (χ4v) is 3.10. The van der Waals surface area contributed by atoms with E-state index in [-0.39, 0.29) is 12.3 Å². The maximum absolute atomic E-state index is 13.7. The molecule has 300 valence electrons. The third-order valence-electron chi connectivity index (χ3n) is 5.49. The first-order valence-corrected chi connectivity index (χ1v) is 11.4. The van der Waals surface area contributed by atoms with Gasteiger partial charge in [-0.1, -0.05) is 0 Å². The van der Waals surface area contributed by atoms with Gasteiger partial charge in [-0.25, -0.2) is 4.39 Å². The summed E-state index contributed by atoms with van der Waals surface area (Å²) in [7, 11) is -6.57. The first-order chi connectivity index (χ1) is 19.7. The zero-order chi connectivity index (χ0) is 39.1. The van der Waals surface area contributed by atoms with Crippen molar-refractivity contribution in [2.75, 3.05) is 6.61 Å². The largest absolute Gasteiger partial charge is 0.790 e. The van der Waals surface area contributed by atoms with Crippen LogP contribution in [0, 0.1) is 0 Å². The minimum absolute atomic E-state index is 0. The van der Waals surface area contributed by atoms with E-state index >= 15 is 0 Å². The fourth-order valence-electron chi connectivity index (χ4n) is 2.79. The van der Waals surface area contributed by atoms with Gasteiger partial charge in [-0.3, -0.25) is 0 Å². The molecule has 0 spiro atoms. The summed E-state index contributed by atoms with van der Waals surface area (Å²) in [5.41, 5.74) is -9.27. The van der Waals surface area contributed by atoms with Crippen molar-refractivity contribution in [3.8, 4) is 0 Å². The van der Waals surface area contributed by atoms with E-state index in [0.29, 0.717) is 0 Å². The second-order valence-corrected chi connectivity index (χ2v) is 9.71. The minimum Gasteiger partial charge on any atom is -0.790 e. The lowest BCUT2D eigenvalue weighted by atomic mass is 9.82. The number of phosphoric acid groups is 1. The van der Waals surface area contributed by atoms with Crippen LogP contribution in [-0.4, -0.2) is 83.9 Å². The molecule has 0 aliphatic carbocycles. The molecule has 0 amide bonds. The van der Waals surface area contributed by atoms with E-state index in [9.17, 15) is 133 Å². The smallest absolute Gasteiger partial charge is 0.438 e. The summed E-state index contributed by atoms with van der Waals surface area (Å²) in [6.07, 6.45) is -21.0. The first kappa shape index (κ1) is 51.5. The second-order valence-electron chi connectivity index (χ2n) is 8.56. The van der Waals surface area contributed by atoms with Crippen molar-refractivity contribution >= 4 is 7.82 Å². The molecule has 0 aliphatic rings. The van der Waals surface area contributed by atoms with Gasteiger partial charge in [-0.15, -0.1) is 0 Å². The van der Waals surface area contributed by atoms with Crippen LogP contribution in [0.2, 0.25) is 0 Å². The number of rotatable bonds is 14. The summed E-state index contributed by atoms with van der Waals surface area (Å²) in [6.45, 7) is -2.80. The Kier molecular flexibility index (Phi) is 13.6. The van der Waals surface area contributed by atoms with Gasteiger partial charge < -0.3 is 31.2 Å². The third kappa shape index (κ3) is 6.90. The van der Waals surface area contributed by atoms with Crippen molar-refractivity contribution in [3.05, 3.63) is 0 Å². The molecule has 34 heteroatoms. The van der Waals surface area contributed by atoms with Gasteiger partial charge >= 0.3 is 77.2 Å². The highest BCUT2D eigenvalue weighted by Crippen LogP contribution is 2.69. The quantitative estimate of drug-likeness (QED) is 0.135. The summed E-state index contributed by atoms with van der Waals surface area (Å²) < 4.78 is 373. The third-order valence-corrected chi connectivity index (χ3v) is 5.99. The molecule has 0 radical (unpaired) electrons. The van der Waals surface area contributed by atoms with Crippen molar-refractivity contribution < 1.29 is 137 Å². The van der Waals surface area contributed by atoms with E-state index < -0.39 is 98.1 Å². The van der Waals surface area contributed by atoms with Crippen molar-refractivity contribution in [2.24, 2.45) is 0 Å². The molecule has 0 saturated heterocycles. The van der Waals surface area contributed by atoms with Crippen LogP contribution in [0.25, 0.3) is 0 Å². The summed E-state index contributed by atoms with van der Waals surface area (Å²) >= 11 is 0. The first-order valence-electron chi connectivity index (χ1n) is 9.98. The van der Waals surface area contributed by atoms with Gasteiger partial charge in [0.05, 0.1) is 14.4 Å². The Morgan fingerprint density at radius 3 is 0.796 bits per heavy atom. The molecule has 0 heterocycles. The van der Waals surface area contributed by atoms with E-state index in [0.717, 1.165) is 0 Å². The van der Waals surface area contributed by atoms with Gasteiger partial charge in [0.2, 0.25) is 0 Å². The van der Waals surface area contributed by atoms with E-state index in [4.69, 9.17) is 0 Å². The van der Waals surface area contributed by atoms with Crippen LogP contribution < -0.4 is 22.1 Å². The predicted octanol–water partition coefficient (Wildman–Crippen LogP) is 8.16. The molecule has 0 aromatic carbocycles. The molecular formula is C15H12F27N2O4P. The number of alkyl halides is 27. The van der Waals surface area contributed by atoms with Crippen LogP contribution in [0.3, 0.4) is 0 Å². The molecule has 0 unspecified atom stereocenters. The van der Waals surface area contributed by atoms with Gasteiger partial charge in [-0.2, -0.15) is 114 Å².